The summed E-state index contributed by atoms with van der Waals surface area (Å²) in [7, 11) is 1.59. The summed E-state index contributed by atoms with van der Waals surface area (Å²) in [4.78, 5) is 36.0. The second-order valence-corrected chi connectivity index (χ2v) is 9.40. The number of methoxy groups -OCH3 is 1. The molecule has 2 aromatic carbocycles. The van der Waals surface area contributed by atoms with Crippen molar-refractivity contribution in [1.82, 2.24) is 24.8 Å². The third kappa shape index (κ3) is 5.63. The van der Waals surface area contributed by atoms with E-state index in [1.54, 1.807) is 7.11 Å². The van der Waals surface area contributed by atoms with Gasteiger partial charge < -0.3 is 19.1 Å². The van der Waals surface area contributed by atoms with Gasteiger partial charge in [0.2, 0.25) is 17.6 Å². The molecular weight excluding hydrogens is 458 g/mol. The number of piperazine rings is 1. The minimum absolute atomic E-state index is 0.0648. The van der Waals surface area contributed by atoms with E-state index in [0.717, 1.165) is 30.8 Å². The van der Waals surface area contributed by atoms with Gasteiger partial charge in [-0.15, -0.1) is 0 Å². The van der Waals surface area contributed by atoms with Crippen LogP contribution in [0, 0.1) is 5.92 Å². The number of hydrogen-bond donors (Lipinski definition) is 0. The highest BCUT2D eigenvalue weighted by atomic mass is 16.5. The molecule has 0 aliphatic carbocycles. The number of likely N-dealkylation sites (tertiary alicyclic amines) is 1. The molecule has 0 saturated carbocycles. The number of ether oxygens (including phenoxy) is 1. The zero-order valence-electron chi connectivity index (χ0n) is 20.5. The Balaban J connectivity index is 1.09. The highest BCUT2D eigenvalue weighted by Gasteiger charge is 2.37. The van der Waals surface area contributed by atoms with Crippen LogP contribution in [0.3, 0.4) is 0 Å². The van der Waals surface area contributed by atoms with Crippen molar-refractivity contribution >= 4 is 11.8 Å². The highest BCUT2D eigenvalue weighted by Crippen LogP contribution is 2.23. The van der Waals surface area contributed by atoms with Crippen molar-refractivity contribution in [3.63, 3.8) is 0 Å². The SMILES string of the molecule is COCc1nc(-c2ccc(CN3CCN(C(=O)C4CC(=O)N(Cc5ccccc5)C4)CC3)cc2)no1. The molecule has 0 spiro atoms. The summed E-state index contributed by atoms with van der Waals surface area (Å²) < 4.78 is 10.2. The molecule has 188 valence electrons. The molecule has 9 heteroatoms. The Bertz CT molecular complexity index is 1170. The van der Waals surface area contributed by atoms with Gasteiger partial charge in [0.05, 0.1) is 5.92 Å². The van der Waals surface area contributed by atoms with Crippen LogP contribution in [0.25, 0.3) is 11.4 Å². The molecule has 1 aromatic heterocycles. The van der Waals surface area contributed by atoms with Gasteiger partial charge in [-0.05, 0) is 11.1 Å². The zero-order valence-corrected chi connectivity index (χ0v) is 20.5. The monoisotopic (exact) mass is 489 g/mol. The lowest BCUT2D eigenvalue weighted by Crippen LogP contribution is -2.50. The van der Waals surface area contributed by atoms with Crippen LogP contribution < -0.4 is 0 Å². The Morgan fingerprint density at radius 2 is 1.72 bits per heavy atom. The maximum Gasteiger partial charge on any atom is 0.252 e. The molecule has 0 bridgehead atoms. The lowest BCUT2D eigenvalue weighted by Gasteiger charge is -2.36. The predicted octanol–water partition coefficient (Wildman–Crippen LogP) is 2.58. The molecule has 2 aliphatic heterocycles. The normalized spacial score (nSPS) is 18.7. The average molecular weight is 490 g/mol. The van der Waals surface area contributed by atoms with Crippen LogP contribution in [0.2, 0.25) is 0 Å². The maximum absolute atomic E-state index is 13.1. The number of aromatic nitrogens is 2. The summed E-state index contributed by atoms with van der Waals surface area (Å²) in [5, 5.41) is 4.00. The quantitative estimate of drug-likeness (QED) is 0.480. The lowest BCUT2D eigenvalue weighted by atomic mass is 10.1. The number of nitrogens with zero attached hydrogens (tertiary/aromatic N) is 5. The van der Waals surface area contributed by atoms with Crippen molar-refractivity contribution in [1.29, 1.82) is 0 Å². The van der Waals surface area contributed by atoms with Crippen LogP contribution in [-0.4, -0.2) is 76.5 Å². The Hall–Kier alpha value is -3.56. The van der Waals surface area contributed by atoms with E-state index in [0.29, 0.717) is 50.9 Å². The van der Waals surface area contributed by atoms with Gasteiger partial charge in [-0.1, -0.05) is 59.8 Å². The topological polar surface area (TPSA) is 92.0 Å². The summed E-state index contributed by atoms with van der Waals surface area (Å²) in [6, 6.07) is 18.1. The summed E-state index contributed by atoms with van der Waals surface area (Å²) in [5.74, 6) is 0.934. The number of carbonyl (C=O) groups excluding carboxylic acids is 2. The molecular formula is C27H31N5O4. The first-order valence-corrected chi connectivity index (χ1v) is 12.3. The first-order valence-electron chi connectivity index (χ1n) is 12.3. The summed E-state index contributed by atoms with van der Waals surface area (Å²) in [5.41, 5.74) is 3.18. The van der Waals surface area contributed by atoms with Crippen LogP contribution in [-0.2, 0) is 34.0 Å². The van der Waals surface area contributed by atoms with Crippen LogP contribution in [0.15, 0.2) is 59.1 Å². The van der Waals surface area contributed by atoms with Crippen LogP contribution in [0.4, 0.5) is 0 Å². The Morgan fingerprint density at radius 3 is 2.44 bits per heavy atom. The Labute approximate surface area is 210 Å². The third-order valence-electron chi connectivity index (χ3n) is 6.82. The summed E-state index contributed by atoms with van der Waals surface area (Å²) >= 11 is 0. The average Bonchev–Trinajstić information content (AvgIpc) is 3.52. The van der Waals surface area contributed by atoms with Gasteiger partial charge in [-0.2, -0.15) is 4.98 Å². The predicted molar refractivity (Wildman–Crippen MR) is 132 cm³/mol. The third-order valence-corrected chi connectivity index (χ3v) is 6.82. The van der Waals surface area contributed by atoms with Gasteiger partial charge in [0.15, 0.2) is 0 Å². The van der Waals surface area contributed by atoms with Gasteiger partial charge in [0, 0.05) is 64.9 Å². The van der Waals surface area contributed by atoms with Crippen molar-refractivity contribution in [3.05, 3.63) is 71.6 Å². The van der Waals surface area contributed by atoms with Gasteiger partial charge >= 0.3 is 0 Å². The van der Waals surface area contributed by atoms with Crippen molar-refractivity contribution in [2.24, 2.45) is 5.92 Å². The van der Waals surface area contributed by atoms with E-state index < -0.39 is 0 Å². The second-order valence-electron chi connectivity index (χ2n) is 9.40. The molecule has 5 rings (SSSR count). The molecule has 1 unspecified atom stereocenters. The van der Waals surface area contributed by atoms with E-state index in [4.69, 9.17) is 9.26 Å². The fourth-order valence-corrected chi connectivity index (χ4v) is 4.85. The number of carbonyl (C=O) groups is 2. The molecule has 2 fully saturated rings. The van der Waals surface area contributed by atoms with Crippen molar-refractivity contribution in [2.45, 2.75) is 26.1 Å². The van der Waals surface area contributed by atoms with Gasteiger partial charge in [-0.3, -0.25) is 14.5 Å². The second kappa shape index (κ2) is 11.0. The molecule has 3 heterocycles. The minimum Gasteiger partial charge on any atom is -0.375 e. The molecule has 36 heavy (non-hydrogen) atoms. The first-order chi connectivity index (χ1) is 17.6. The molecule has 2 aliphatic rings. The van der Waals surface area contributed by atoms with E-state index in [-0.39, 0.29) is 17.7 Å². The number of hydrogen-bond acceptors (Lipinski definition) is 7. The van der Waals surface area contributed by atoms with Gasteiger partial charge in [0.1, 0.15) is 6.61 Å². The summed E-state index contributed by atoms with van der Waals surface area (Å²) in [6.45, 7) is 5.18. The summed E-state index contributed by atoms with van der Waals surface area (Å²) in [6.07, 6.45) is 0.311. The largest absolute Gasteiger partial charge is 0.375 e. The van der Waals surface area contributed by atoms with Crippen LogP contribution >= 0.6 is 0 Å². The van der Waals surface area contributed by atoms with E-state index in [2.05, 4.69) is 27.2 Å². The Morgan fingerprint density at radius 1 is 1.00 bits per heavy atom. The van der Waals surface area contributed by atoms with E-state index >= 15 is 0 Å². The molecule has 3 aromatic rings. The fraction of sp³-hybridized carbons (Fsp3) is 0.407. The van der Waals surface area contributed by atoms with Crippen LogP contribution in [0.5, 0.6) is 0 Å². The zero-order chi connectivity index (χ0) is 24.9. The molecule has 2 saturated heterocycles. The van der Waals surface area contributed by atoms with Crippen molar-refractivity contribution in [2.75, 3.05) is 39.8 Å². The molecule has 0 N–H and O–H groups in total. The minimum atomic E-state index is -0.241. The van der Waals surface area contributed by atoms with Crippen molar-refractivity contribution in [3.8, 4) is 11.4 Å². The number of rotatable bonds is 8. The van der Waals surface area contributed by atoms with Crippen molar-refractivity contribution < 1.29 is 18.8 Å². The standard InChI is InChI=1S/C27H31N5O4/c1-35-19-24-28-26(29-36-24)22-9-7-21(8-10-22)16-30-11-13-31(14-12-30)27(34)23-15-25(33)32(18-23)17-20-5-3-2-4-6-20/h2-10,23H,11-19H2,1H3. The lowest BCUT2D eigenvalue weighted by molar-refractivity contribution is -0.137. The van der Waals surface area contributed by atoms with E-state index in [1.165, 1.54) is 5.56 Å². The smallest absolute Gasteiger partial charge is 0.252 e. The highest BCUT2D eigenvalue weighted by molar-refractivity contribution is 5.89. The first kappa shape index (κ1) is 24.1. The van der Waals surface area contributed by atoms with Gasteiger partial charge in [-0.25, -0.2) is 0 Å². The molecule has 1 atom stereocenters. The number of benzene rings is 2. The van der Waals surface area contributed by atoms with E-state index in [9.17, 15) is 9.59 Å². The van der Waals surface area contributed by atoms with E-state index in [1.807, 2.05) is 52.3 Å². The Kier molecular flexibility index (Phi) is 7.39. The number of amides is 2. The van der Waals surface area contributed by atoms with Gasteiger partial charge in [0.25, 0.3) is 5.89 Å². The van der Waals surface area contributed by atoms with Crippen LogP contribution in [0.1, 0.15) is 23.4 Å². The molecule has 0 radical (unpaired) electrons. The molecule has 2 amide bonds. The molecule has 9 nitrogen and oxygen atoms in total. The fourth-order valence-electron chi connectivity index (χ4n) is 4.85. The maximum atomic E-state index is 13.1.